The molecule has 1 amide bonds. The van der Waals surface area contributed by atoms with Crippen molar-refractivity contribution in [3.05, 3.63) is 71.8 Å². The fraction of sp³-hybridized carbons (Fsp3) is 0.500. The summed E-state index contributed by atoms with van der Waals surface area (Å²) in [5.41, 5.74) is -0.0553. The van der Waals surface area contributed by atoms with E-state index in [0.717, 1.165) is 24.0 Å². The molecule has 2 aromatic carbocycles. The van der Waals surface area contributed by atoms with Gasteiger partial charge in [-0.15, -0.1) is 0 Å². The van der Waals surface area contributed by atoms with Crippen LogP contribution in [0.4, 0.5) is 4.79 Å². The van der Waals surface area contributed by atoms with Crippen LogP contribution in [0.25, 0.3) is 0 Å². The first kappa shape index (κ1) is 26.4. The largest absolute Gasteiger partial charge is 0.444 e. The number of carbonyl (C=O) groups excluding carboxylic acids is 3. The maximum atomic E-state index is 13.9. The molecule has 3 aliphatic heterocycles. The molecular formula is C30H37N3O5. The lowest BCUT2D eigenvalue weighted by atomic mass is 9.86. The van der Waals surface area contributed by atoms with Crippen molar-refractivity contribution in [2.45, 2.75) is 63.4 Å². The number of nitrogens with zero attached hydrogens (tertiary/aromatic N) is 2. The zero-order valence-corrected chi connectivity index (χ0v) is 22.4. The molecule has 0 aromatic heterocycles. The molecule has 3 heterocycles. The minimum Gasteiger partial charge on any atom is -0.444 e. The van der Waals surface area contributed by atoms with Gasteiger partial charge in [0.2, 0.25) is 5.72 Å². The third kappa shape index (κ3) is 5.07. The molecule has 5 rings (SSSR count). The number of fused-ring (bicyclic) bond motifs is 1. The molecule has 0 aliphatic carbocycles. The minimum atomic E-state index is -1.17. The summed E-state index contributed by atoms with van der Waals surface area (Å²) in [6.07, 6.45) is 1.58. The Kier molecular flexibility index (Phi) is 7.29. The SMILES string of the molecule is CC(C)(C)OC(=O)N1CCC(CC(=O)C2CNCC3C(=O)OC(c4ccccc4)(c4ccccc4)N23)CC1. The van der Waals surface area contributed by atoms with Crippen molar-refractivity contribution in [2.24, 2.45) is 5.92 Å². The quantitative estimate of drug-likeness (QED) is 0.603. The van der Waals surface area contributed by atoms with Gasteiger partial charge in [-0.1, -0.05) is 60.7 Å². The molecular weight excluding hydrogens is 482 g/mol. The number of benzene rings is 2. The van der Waals surface area contributed by atoms with E-state index in [2.05, 4.69) is 5.32 Å². The fourth-order valence-corrected chi connectivity index (χ4v) is 5.92. The van der Waals surface area contributed by atoms with Gasteiger partial charge < -0.3 is 19.7 Å². The van der Waals surface area contributed by atoms with Crippen molar-refractivity contribution < 1.29 is 23.9 Å². The third-order valence-corrected chi connectivity index (χ3v) is 7.69. The number of Topliss-reactive ketones (excluding diaryl/α,β-unsaturated/α-hetero) is 1. The monoisotopic (exact) mass is 519 g/mol. The number of hydrogen-bond donors (Lipinski definition) is 1. The lowest BCUT2D eigenvalue weighted by Crippen LogP contribution is -2.64. The van der Waals surface area contributed by atoms with Gasteiger partial charge in [-0.3, -0.25) is 9.59 Å². The molecule has 8 nitrogen and oxygen atoms in total. The summed E-state index contributed by atoms with van der Waals surface area (Å²) in [5.74, 6) is -0.0653. The van der Waals surface area contributed by atoms with E-state index in [-0.39, 0.29) is 23.8 Å². The molecule has 202 valence electrons. The second kappa shape index (κ2) is 10.5. The van der Waals surface area contributed by atoms with Crippen molar-refractivity contribution in [3.63, 3.8) is 0 Å². The fourth-order valence-electron chi connectivity index (χ4n) is 5.92. The number of ketones is 1. The van der Waals surface area contributed by atoms with Crippen LogP contribution >= 0.6 is 0 Å². The van der Waals surface area contributed by atoms with E-state index < -0.39 is 23.4 Å². The molecule has 3 saturated heterocycles. The predicted molar refractivity (Wildman–Crippen MR) is 142 cm³/mol. The van der Waals surface area contributed by atoms with Crippen LogP contribution in [0.5, 0.6) is 0 Å². The van der Waals surface area contributed by atoms with E-state index in [4.69, 9.17) is 9.47 Å². The maximum Gasteiger partial charge on any atom is 0.410 e. The van der Waals surface area contributed by atoms with E-state index in [9.17, 15) is 14.4 Å². The van der Waals surface area contributed by atoms with Gasteiger partial charge in [0.05, 0.1) is 6.04 Å². The summed E-state index contributed by atoms with van der Waals surface area (Å²) in [5, 5.41) is 3.31. The standard InChI is InChI=1S/C30H37N3O5/c1-29(2,3)38-28(36)32-16-14-21(15-17-32)18-26(34)24-19-31-20-25-27(35)37-30(33(24)25,22-10-6-4-7-11-22)23-12-8-5-9-13-23/h4-13,21,24-25,31H,14-20H2,1-3H3. The molecule has 3 aliphatic rings. The van der Waals surface area contributed by atoms with E-state index in [1.165, 1.54) is 0 Å². The topological polar surface area (TPSA) is 88.2 Å². The lowest BCUT2D eigenvalue weighted by Gasteiger charge is -2.45. The highest BCUT2D eigenvalue weighted by atomic mass is 16.6. The van der Waals surface area contributed by atoms with Crippen molar-refractivity contribution in [1.29, 1.82) is 0 Å². The summed E-state index contributed by atoms with van der Waals surface area (Å²) in [6.45, 7) is 7.60. The number of likely N-dealkylation sites (tertiary alicyclic amines) is 1. The molecule has 2 unspecified atom stereocenters. The van der Waals surface area contributed by atoms with Gasteiger partial charge in [0, 0.05) is 43.7 Å². The number of cyclic esters (lactones) is 1. The molecule has 1 N–H and O–H groups in total. The van der Waals surface area contributed by atoms with E-state index in [1.807, 2.05) is 86.3 Å². The Morgan fingerprint density at radius 3 is 2.11 bits per heavy atom. The van der Waals surface area contributed by atoms with Gasteiger partial charge in [-0.25, -0.2) is 9.69 Å². The first-order valence-electron chi connectivity index (χ1n) is 13.5. The Morgan fingerprint density at radius 2 is 1.55 bits per heavy atom. The zero-order valence-electron chi connectivity index (χ0n) is 22.4. The van der Waals surface area contributed by atoms with E-state index in [0.29, 0.717) is 32.6 Å². The number of rotatable bonds is 5. The summed E-state index contributed by atoms with van der Waals surface area (Å²) in [7, 11) is 0. The Morgan fingerprint density at radius 1 is 0.974 bits per heavy atom. The third-order valence-electron chi connectivity index (χ3n) is 7.69. The highest BCUT2D eigenvalue weighted by Gasteiger charge is 2.60. The molecule has 38 heavy (non-hydrogen) atoms. The first-order chi connectivity index (χ1) is 18.2. The second-order valence-electron chi connectivity index (χ2n) is 11.5. The number of piperidine rings is 1. The second-order valence-corrected chi connectivity index (χ2v) is 11.5. The van der Waals surface area contributed by atoms with Gasteiger partial charge in [-0.05, 0) is 39.5 Å². The average molecular weight is 520 g/mol. The number of piperazine rings is 1. The number of esters is 1. The molecule has 2 atom stereocenters. The van der Waals surface area contributed by atoms with E-state index in [1.54, 1.807) is 4.90 Å². The van der Waals surface area contributed by atoms with Crippen LogP contribution in [-0.4, -0.2) is 71.5 Å². The van der Waals surface area contributed by atoms with Crippen molar-refractivity contribution >= 4 is 17.8 Å². The normalized spacial score (nSPS) is 24.0. The Balaban J connectivity index is 1.37. The Hall–Kier alpha value is -3.23. The predicted octanol–water partition coefficient (Wildman–Crippen LogP) is 3.69. The summed E-state index contributed by atoms with van der Waals surface area (Å²) < 4.78 is 11.8. The van der Waals surface area contributed by atoms with Crippen LogP contribution in [0.2, 0.25) is 0 Å². The van der Waals surface area contributed by atoms with Crippen molar-refractivity contribution in [3.8, 4) is 0 Å². The van der Waals surface area contributed by atoms with Crippen molar-refractivity contribution in [1.82, 2.24) is 15.1 Å². The van der Waals surface area contributed by atoms with Crippen LogP contribution in [0.15, 0.2) is 60.7 Å². The molecule has 8 heteroatoms. The Bertz CT molecular complexity index is 1120. The highest BCUT2D eigenvalue weighted by Crippen LogP contribution is 2.46. The molecule has 3 fully saturated rings. The van der Waals surface area contributed by atoms with Crippen molar-refractivity contribution in [2.75, 3.05) is 26.2 Å². The van der Waals surface area contributed by atoms with Gasteiger partial charge >= 0.3 is 12.1 Å². The number of hydrogen-bond acceptors (Lipinski definition) is 7. The minimum absolute atomic E-state index is 0.0902. The molecule has 0 spiro atoms. The van der Waals surface area contributed by atoms with Crippen LogP contribution in [0, 0.1) is 5.92 Å². The van der Waals surface area contributed by atoms with Crippen LogP contribution in [-0.2, 0) is 24.8 Å². The number of ether oxygens (including phenoxy) is 2. The average Bonchev–Trinajstić information content (AvgIpc) is 3.22. The number of nitrogens with one attached hydrogen (secondary N) is 1. The first-order valence-corrected chi connectivity index (χ1v) is 13.5. The summed E-state index contributed by atoms with van der Waals surface area (Å²) in [6, 6.07) is 18.3. The van der Waals surface area contributed by atoms with Gasteiger partial charge in [0.25, 0.3) is 0 Å². The van der Waals surface area contributed by atoms with Crippen LogP contribution in [0.3, 0.4) is 0 Å². The van der Waals surface area contributed by atoms with E-state index >= 15 is 0 Å². The van der Waals surface area contributed by atoms with Gasteiger partial charge in [-0.2, -0.15) is 0 Å². The highest BCUT2D eigenvalue weighted by molar-refractivity contribution is 5.88. The summed E-state index contributed by atoms with van der Waals surface area (Å²) >= 11 is 0. The maximum absolute atomic E-state index is 13.9. The number of carbonyl (C=O) groups is 3. The van der Waals surface area contributed by atoms with Gasteiger partial charge in [0.15, 0.2) is 5.78 Å². The molecule has 0 radical (unpaired) electrons. The smallest absolute Gasteiger partial charge is 0.410 e. The summed E-state index contributed by atoms with van der Waals surface area (Å²) in [4.78, 5) is 43.4. The molecule has 0 bridgehead atoms. The Labute approximate surface area is 224 Å². The molecule has 2 aromatic rings. The molecule has 0 saturated carbocycles. The van der Waals surface area contributed by atoms with Crippen LogP contribution in [0.1, 0.15) is 51.2 Å². The number of amides is 1. The lowest BCUT2D eigenvalue weighted by molar-refractivity contribution is -0.153. The van der Waals surface area contributed by atoms with Gasteiger partial charge in [0.1, 0.15) is 11.6 Å². The zero-order chi connectivity index (χ0) is 26.9. The van der Waals surface area contributed by atoms with Crippen LogP contribution < -0.4 is 5.32 Å².